The molecule has 0 unspecified atom stereocenters. The molecule has 0 atom stereocenters. The molecule has 0 saturated heterocycles. The van der Waals surface area contributed by atoms with E-state index >= 15 is 0 Å². The Hall–Kier alpha value is -1.33. The third-order valence-electron chi connectivity index (χ3n) is 2.90. The zero-order chi connectivity index (χ0) is 15.1. The van der Waals surface area contributed by atoms with Crippen LogP contribution in [0.1, 0.15) is 30.6 Å². The highest BCUT2D eigenvalue weighted by atomic mass is 19.2. The largest absolute Gasteiger partial charge is 0.377 e. The molecule has 0 amide bonds. The quantitative estimate of drug-likeness (QED) is 0.688. The molecular weight excluding hydrogens is 264 g/mol. The Balaban J connectivity index is 2.41. The molecule has 0 spiro atoms. The zero-order valence-electron chi connectivity index (χ0n) is 12.2. The van der Waals surface area contributed by atoms with Crippen molar-refractivity contribution >= 4 is 5.78 Å². The first-order chi connectivity index (χ1) is 9.41. The fourth-order valence-corrected chi connectivity index (χ4v) is 1.70. The molecule has 0 aliphatic heterocycles. The van der Waals surface area contributed by atoms with E-state index in [0.717, 1.165) is 6.07 Å². The molecule has 0 aliphatic carbocycles. The van der Waals surface area contributed by atoms with E-state index in [1.54, 1.807) is 0 Å². The number of hydrogen-bond acceptors (Lipinski definition) is 3. The van der Waals surface area contributed by atoms with Crippen LogP contribution in [0, 0.1) is 11.6 Å². The van der Waals surface area contributed by atoms with E-state index in [0.29, 0.717) is 19.7 Å². The summed E-state index contributed by atoms with van der Waals surface area (Å²) in [4.78, 5) is 13.8. The summed E-state index contributed by atoms with van der Waals surface area (Å²) in [5.41, 5.74) is -0.183. The molecule has 20 heavy (non-hydrogen) atoms. The van der Waals surface area contributed by atoms with Crippen molar-refractivity contribution in [1.82, 2.24) is 4.90 Å². The van der Waals surface area contributed by atoms with E-state index in [9.17, 15) is 13.6 Å². The van der Waals surface area contributed by atoms with Crippen LogP contribution in [0.25, 0.3) is 0 Å². The van der Waals surface area contributed by atoms with Crippen LogP contribution in [0.2, 0.25) is 0 Å². The Morgan fingerprint density at radius 2 is 2.00 bits per heavy atom. The van der Waals surface area contributed by atoms with Crippen molar-refractivity contribution in [3.05, 3.63) is 35.4 Å². The predicted molar refractivity (Wildman–Crippen MR) is 73.9 cm³/mol. The molecule has 112 valence electrons. The van der Waals surface area contributed by atoms with Crippen molar-refractivity contribution in [3.63, 3.8) is 0 Å². The summed E-state index contributed by atoms with van der Waals surface area (Å²) >= 11 is 0. The van der Waals surface area contributed by atoms with Gasteiger partial charge in [0.15, 0.2) is 17.4 Å². The molecule has 1 aromatic carbocycles. The Morgan fingerprint density at radius 3 is 2.65 bits per heavy atom. The first kappa shape index (κ1) is 16.7. The third-order valence-corrected chi connectivity index (χ3v) is 2.90. The van der Waals surface area contributed by atoms with Crippen molar-refractivity contribution in [1.29, 1.82) is 0 Å². The molecule has 0 N–H and O–H groups in total. The summed E-state index contributed by atoms with van der Waals surface area (Å²) in [5.74, 6) is -2.45. The number of ketones is 1. The summed E-state index contributed by atoms with van der Waals surface area (Å²) in [6.45, 7) is 5.66. The van der Waals surface area contributed by atoms with Crippen LogP contribution in [0.15, 0.2) is 18.2 Å². The molecule has 0 heterocycles. The van der Waals surface area contributed by atoms with Gasteiger partial charge in [0, 0.05) is 19.5 Å². The molecule has 0 bridgehead atoms. The molecule has 3 nitrogen and oxygen atoms in total. The fourth-order valence-electron chi connectivity index (χ4n) is 1.70. The second kappa shape index (κ2) is 8.07. The van der Waals surface area contributed by atoms with Gasteiger partial charge in [-0.25, -0.2) is 8.78 Å². The summed E-state index contributed by atoms with van der Waals surface area (Å²) < 4.78 is 31.9. The lowest BCUT2D eigenvalue weighted by molar-refractivity contribution is 0.0628. The second-order valence-electron chi connectivity index (χ2n) is 5.00. The number of hydrogen-bond donors (Lipinski definition) is 0. The average molecular weight is 285 g/mol. The summed E-state index contributed by atoms with van der Waals surface area (Å²) in [6.07, 6.45) is 0.324. The lowest BCUT2D eigenvalue weighted by atomic mass is 10.1. The Bertz CT molecular complexity index is 449. The van der Waals surface area contributed by atoms with Crippen molar-refractivity contribution in [2.24, 2.45) is 0 Å². The third kappa shape index (κ3) is 5.35. The van der Waals surface area contributed by atoms with Crippen molar-refractivity contribution in [2.75, 3.05) is 26.7 Å². The van der Waals surface area contributed by atoms with Gasteiger partial charge >= 0.3 is 0 Å². The zero-order valence-corrected chi connectivity index (χ0v) is 12.2. The van der Waals surface area contributed by atoms with E-state index in [4.69, 9.17) is 4.74 Å². The molecule has 0 fully saturated rings. The second-order valence-corrected chi connectivity index (χ2v) is 5.00. The van der Waals surface area contributed by atoms with Crippen LogP contribution in [-0.4, -0.2) is 43.5 Å². The van der Waals surface area contributed by atoms with Gasteiger partial charge in [0.25, 0.3) is 0 Å². The number of carbonyl (C=O) groups is 1. The first-order valence-corrected chi connectivity index (χ1v) is 6.69. The van der Waals surface area contributed by atoms with Gasteiger partial charge in [-0.15, -0.1) is 0 Å². The van der Waals surface area contributed by atoms with Crippen molar-refractivity contribution in [2.45, 2.75) is 26.4 Å². The molecule has 0 radical (unpaired) electrons. The standard InChI is InChI=1S/C15H21F2NO2/c1-11(2)20-10-9-18(3)8-7-14(19)12-5-4-6-13(16)15(12)17/h4-6,11H,7-10H2,1-3H3. The monoisotopic (exact) mass is 285 g/mol. The summed E-state index contributed by atoms with van der Waals surface area (Å²) in [6, 6.07) is 3.65. The van der Waals surface area contributed by atoms with Gasteiger partial charge in [0.2, 0.25) is 0 Å². The van der Waals surface area contributed by atoms with Crippen LogP contribution < -0.4 is 0 Å². The minimum atomic E-state index is -1.07. The van der Waals surface area contributed by atoms with E-state index in [-0.39, 0.29) is 18.1 Å². The van der Waals surface area contributed by atoms with Crippen LogP contribution >= 0.6 is 0 Å². The maximum absolute atomic E-state index is 13.4. The van der Waals surface area contributed by atoms with Crippen LogP contribution in [0.5, 0.6) is 0 Å². The number of Topliss-reactive ketones (excluding diaryl/α,β-unsaturated/α-hetero) is 1. The normalized spacial score (nSPS) is 11.3. The van der Waals surface area contributed by atoms with Gasteiger partial charge in [-0.2, -0.15) is 0 Å². The molecule has 5 heteroatoms. The number of ether oxygens (including phenoxy) is 1. The maximum Gasteiger partial charge on any atom is 0.169 e. The number of likely N-dealkylation sites (N-methyl/N-ethyl adjacent to an activating group) is 1. The average Bonchev–Trinajstić information content (AvgIpc) is 2.38. The van der Waals surface area contributed by atoms with Crippen molar-refractivity contribution in [3.8, 4) is 0 Å². The minimum Gasteiger partial charge on any atom is -0.377 e. The number of carbonyl (C=O) groups excluding carboxylic acids is 1. The van der Waals surface area contributed by atoms with Gasteiger partial charge in [-0.05, 0) is 33.0 Å². The number of halogens is 2. The first-order valence-electron chi connectivity index (χ1n) is 6.69. The smallest absolute Gasteiger partial charge is 0.169 e. The Morgan fingerprint density at radius 1 is 1.30 bits per heavy atom. The topological polar surface area (TPSA) is 29.5 Å². The molecule has 1 aromatic rings. The van der Waals surface area contributed by atoms with E-state index in [1.807, 2.05) is 25.8 Å². The number of rotatable bonds is 8. The molecule has 1 rings (SSSR count). The molecular formula is C15H21F2NO2. The maximum atomic E-state index is 13.4. The summed E-state index contributed by atoms with van der Waals surface area (Å²) in [7, 11) is 1.86. The Kier molecular flexibility index (Phi) is 6.75. The van der Waals surface area contributed by atoms with Gasteiger partial charge < -0.3 is 9.64 Å². The van der Waals surface area contributed by atoms with Gasteiger partial charge in [-0.3, -0.25) is 4.79 Å². The molecule has 0 aromatic heterocycles. The van der Waals surface area contributed by atoms with Gasteiger partial charge in [0.05, 0.1) is 18.3 Å². The SMILES string of the molecule is CC(C)OCCN(C)CCC(=O)c1cccc(F)c1F. The van der Waals surface area contributed by atoms with E-state index in [2.05, 4.69) is 0 Å². The fraction of sp³-hybridized carbons (Fsp3) is 0.533. The van der Waals surface area contributed by atoms with E-state index in [1.165, 1.54) is 12.1 Å². The predicted octanol–water partition coefficient (Wildman–Crippen LogP) is 2.89. The molecule has 0 aliphatic rings. The summed E-state index contributed by atoms with van der Waals surface area (Å²) in [5, 5.41) is 0. The van der Waals surface area contributed by atoms with Gasteiger partial charge in [0.1, 0.15) is 0 Å². The van der Waals surface area contributed by atoms with Crippen LogP contribution in [0.4, 0.5) is 8.78 Å². The highest BCUT2D eigenvalue weighted by Gasteiger charge is 2.15. The molecule has 0 saturated carbocycles. The van der Waals surface area contributed by atoms with Crippen LogP contribution in [-0.2, 0) is 4.74 Å². The van der Waals surface area contributed by atoms with Gasteiger partial charge in [-0.1, -0.05) is 6.07 Å². The highest BCUT2D eigenvalue weighted by molar-refractivity contribution is 5.96. The highest BCUT2D eigenvalue weighted by Crippen LogP contribution is 2.13. The number of nitrogens with zero attached hydrogens (tertiary/aromatic N) is 1. The van der Waals surface area contributed by atoms with E-state index < -0.39 is 17.4 Å². The lowest BCUT2D eigenvalue weighted by Gasteiger charge is -2.17. The Labute approximate surface area is 118 Å². The lowest BCUT2D eigenvalue weighted by Crippen LogP contribution is -2.27. The van der Waals surface area contributed by atoms with Crippen LogP contribution in [0.3, 0.4) is 0 Å². The minimum absolute atomic E-state index is 0.151. The van der Waals surface area contributed by atoms with Crippen molar-refractivity contribution < 1.29 is 18.3 Å². The number of benzene rings is 1.